The number of carbonyl (C=O) groups is 2. The SMILES string of the molecule is CN1C(=O)Cc2cc(C3(CCNC(=O)COc4ccccc4)OCCO3)ccc21. The molecule has 1 saturated heterocycles. The topological polar surface area (TPSA) is 77.1 Å². The lowest BCUT2D eigenvalue weighted by molar-refractivity contribution is -0.170. The highest BCUT2D eigenvalue weighted by Gasteiger charge is 2.39. The summed E-state index contributed by atoms with van der Waals surface area (Å²) in [6.07, 6.45) is 0.843. The van der Waals surface area contributed by atoms with Crippen molar-refractivity contribution in [3.8, 4) is 5.75 Å². The second kappa shape index (κ2) is 8.23. The van der Waals surface area contributed by atoms with Gasteiger partial charge in [0.1, 0.15) is 5.75 Å². The first-order valence-electron chi connectivity index (χ1n) is 9.70. The number of benzene rings is 2. The Balaban J connectivity index is 1.36. The van der Waals surface area contributed by atoms with Gasteiger partial charge in [-0.15, -0.1) is 0 Å². The molecule has 2 aliphatic rings. The number of rotatable bonds is 7. The third-order valence-corrected chi connectivity index (χ3v) is 5.24. The molecule has 152 valence electrons. The number of nitrogens with zero attached hydrogens (tertiary/aromatic N) is 1. The maximum Gasteiger partial charge on any atom is 0.257 e. The van der Waals surface area contributed by atoms with Crippen molar-refractivity contribution in [3.05, 3.63) is 59.7 Å². The molecule has 2 aromatic rings. The van der Waals surface area contributed by atoms with E-state index in [2.05, 4.69) is 5.32 Å². The fraction of sp³-hybridized carbons (Fsp3) is 0.364. The molecule has 0 atom stereocenters. The van der Waals surface area contributed by atoms with Crippen LogP contribution in [0.4, 0.5) is 5.69 Å². The number of amides is 2. The molecular formula is C22H24N2O5. The Hall–Kier alpha value is -2.90. The summed E-state index contributed by atoms with van der Waals surface area (Å²) in [5, 5.41) is 2.85. The minimum atomic E-state index is -0.910. The van der Waals surface area contributed by atoms with Crippen molar-refractivity contribution in [2.24, 2.45) is 0 Å². The predicted octanol–water partition coefficient (Wildman–Crippen LogP) is 1.99. The number of hydrogen-bond donors (Lipinski definition) is 1. The number of anilines is 1. The van der Waals surface area contributed by atoms with Crippen molar-refractivity contribution in [3.63, 3.8) is 0 Å². The molecule has 2 aliphatic heterocycles. The van der Waals surface area contributed by atoms with Crippen LogP contribution >= 0.6 is 0 Å². The molecule has 2 aromatic carbocycles. The molecule has 29 heavy (non-hydrogen) atoms. The van der Waals surface area contributed by atoms with Gasteiger partial charge in [-0.1, -0.05) is 24.3 Å². The average Bonchev–Trinajstić information content (AvgIpc) is 3.32. The maximum atomic E-state index is 12.1. The summed E-state index contributed by atoms with van der Waals surface area (Å²) in [7, 11) is 1.78. The molecule has 0 unspecified atom stereocenters. The van der Waals surface area contributed by atoms with Gasteiger partial charge in [-0.25, -0.2) is 0 Å². The summed E-state index contributed by atoms with van der Waals surface area (Å²) in [5.41, 5.74) is 2.75. The molecule has 1 fully saturated rings. The summed E-state index contributed by atoms with van der Waals surface area (Å²) in [5.74, 6) is -0.389. The second-order valence-electron chi connectivity index (χ2n) is 7.12. The highest BCUT2D eigenvalue weighted by Crippen LogP contribution is 2.38. The van der Waals surface area contributed by atoms with E-state index in [1.54, 1.807) is 24.1 Å². The minimum Gasteiger partial charge on any atom is -0.484 e. The molecule has 0 spiro atoms. The molecule has 2 amide bonds. The van der Waals surface area contributed by atoms with Crippen LogP contribution in [0.5, 0.6) is 5.75 Å². The molecule has 4 rings (SSSR count). The maximum absolute atomic E-state index is 12.1. The van der Waals surface area contributed by atoms with Crippen LogP contribution < -0.4 is 15.0 Å². The summed E-state index contributed by atoms with van der Waals surface area (Å²) < 4.78 is 17.4. The van der Waals surface area contributed by atoms with Gasteiger partial charge in [-0.05, 0) is 29.8 Å². The van der Waals surface area contributed by atoms with Gasteiger partial charge >= 0.3 is 0 Å². The highest BCUT2D eigenvalue weighted by atomic mass is 16.7. The van der Waals surface area contributed by atoms with Gasteiger partial charge in [0, 0.05) is 31.3 Å². The Labute approximate surface area is 169 Å². The smallest absolute Gasteiger partial charge is 0.257 e. The Morgan fingerprint density at radius 3 is 2.69 bits per heavy atom. The number of fused-ring (bicyclic) bond motifs is 1. The van der Waals surface area contributed by atoms with E-state index in [1.807, 2.05) is 36.4 Å². The van der Waals surface area contributed by atoms with Gasteiger partial charge in [-0.2, -0.15) is 0 Å². The van der Waals surface area contributed by atoms with Gasteiger partial charge in [0.2, 0.25) is 5.91 Å². The molecule has 0 aliphatic carbocycles. The minimum absolute atomic E-state index is 0.0496. The Kier molecular flexibility index (Phi) is 5.51. The van der Waals surface area contributed by atoms with Crippen molar-refractivity contribution < 1.29 is 23.8 Å². The van der Waals surface area contributed by atoms with E-state index in [0.29, 0.717) is 38.3 Å². The van der Waals surface area contributed by atoms with Crippen LogP contribution in [-0.2, 0) is 31.3 Å². The summed E-state index contributed by atoms with van der Waals surface area (Å²) >= 11 is 0. The van der Waals surface area contributed by atoms with E-state index in [9.17, 15) is 9.59 Å². The molecule has 2 heterocycles. The van der Waals surface area contributed by atoms with E-state index < -0.39 is 5.79 Å². The van der Waals surface area contributed by atoms with Crippen molar-refractivity contribution in [1.82, 2.24) is 5.32 Å². The first-order chi connectivity index (χ1) is 14.1. The van der Waals surface area contributed by atoms with E-state index in [4.69, 9.17) is 14.2 Å². The molecule has 0 radical (unpaired) electrons. The molecule has 7 nitrogen and oxygen atoms in total. The van der Waals surface area contributed by atoms with Crippen molar-refractivity contribution in [2.45, 2.75) is 18.6 Å². The number of para-hydroxylation sites is 1. The van der Waals surface area contributed by atoms with Crippen molar-refractivity contribution >= 4 is 17.5 Å². The predicted molar refractivity (Wildman–Crippen MR) is 107 cm³/mol. The lowest BCUT2D eigenvalue weighted by atomic mass is 9.98. The summed E-state index contributed by atoms with van der Waals surface area (Å²) in [4.78, 5) is 25.7. The standard InChI is InChI=1S/C22H24N2O5/c1-24-19-8-7-17(13-16(19)14-21(24)26)22(28-11-12-29-22)9-10-23-20(25)15-27-18-5-3-2-4-6-18/h2-8,13H,9-12,14-15H2,1H3,(H,23,25). The van der Waals surface area contributed by atoms with Gasteiger partial charge in [0.25, 0.3) is 5.91 Å². The third kappa shape index (κ3) is 4.11. The molecule has 7 heteroatoms. The number of carbonyl (C=O) groups excluding carboxylic acids is 2. The van der Waals surface area contributed by atoms with Crippen LogP contribution in [0.1, 0.15) is 17.5 Å². The normalized spacial score (nSPS) is 17.3. The van der Waals surface area contributed by atoms with Crippen LogP contribution in [0.3, 0.4) is 0 Å². The van der Waals surface area contributed by atoms with Crippen LogP contribution in [0.25, 0.3) is 0 Å². The first kappa shape index (κ1) is 19.4. The van der Waals surface area contributed by atoms with Gasteiger partial charge in [0.15, 0.2) is 12.4 Å². The number of likely N-dealkylation sites (N-methyl/N-ethyl adjacent to an activating group) is 1. The Morgan fingerprint density at radius 2 is 1.93 bits per heavy atom. The van der Waals surface area contributed by atoms with Crippen molar-refractivity contribution in [2.75, 3.05) is 38.3 Å². The monoisotopic (exact) mass is 396 g/mol. The zero-order valence-electron chi connectivity index (χ0n) is 16.3. The van der Waals surface area contributed by atoms with Gasteiger partial charge in [-0.3, -0.25) is 9.59 Å². The van der Waals surface area contributed by atoms with E-state index in [0.717, 1.165) is 16.8 Å². The Bertz CT molecular complexity index is 893. The largest absolute Gasteiger partial charge is 0.484 e. The summed E-state index contributed by atoms with van der Waals surface area (Å²) in [6.45, 7) is 1.31. The second-order valence-corrected chi connectivity index (χ2v) is 7.12. The van der Waals surface area contributed by atoms with E-state index in [-0.39, 0.29) is 18.4 Å². The van der Waals surface area contributed by atoms with Crippen LogP contribution in [0.2, 0.25) is 0 Å². The molecule has 1 N–H and O–H groups in total. The lowest BCUT2D eigenvalue weighted by Gasteiger charge is -2.28. The molecule has 0 aromatic heterocycles. The fourth-order valence-electron chi connectivity index (χ4n) is 3.70. The summed E-state index contributed by atoms with van der Waals surface area (Å²) in [6, 6.07) is 15.0. The van der Waals surface area contributed by atoms with Crippen LogP contribution in [-0.4, -0.2) is 45.2 Å². The van der Waals surface area contributed by atoms with Crippen LogP contribution in [0, 0.1) is 0 Å². The molecule has 0 saturated carbocycles. The molecular weight excluding hydrogens is 372 g/mol. The third-order valence-electron chi connectivity index (χ3n) is 5.24. The number of nitrogens with one attached hydrogen (secondary N) is 1. The number of hydrogen-bond acceptors (Lipinski definition) is 5. The zero-order chi connectivity index (χ0) is 20.3. The zero-order valence-corrected chi connectivity index (χ0v) is 16.3. The van der Waals surface area contributed by atoms with Gasteiger partial charge in [0.05, 0.1) is 19.6 Å². The Morgan fingerprint density at radius 1 is 1.17 bits per heavy atom. The van der Waals surface area contributed by atoms with Crippen molar-refractivity contribution in [1.29, 1.82) is 0 Å². The highest BCUT2D eigenvalue weighted by molar-refractivity contribution is 6.00. The average molecular weight is 396 g/mol. The quantitative estimate of drug-likeness (QED) is 0.775. The van der Waals surface area contributed by atoms with Gasteiger partial charge < -0.3 is 24.4 Å². The first-order valence-corrected chi connectivity index (χ1v) is 9.70. The van der Waals surface area contributed by atoms with E-state index >= 15 is 0 Å². The molecule has 0 bridgehead atoms. The van der Waals surface area contributed by atoms with Crippen LogP contribution in [0.15, 0.2) is 48.5 Å². The fourth-order valence-corrected chi connectivity index (χ4v) is 3.70. The number of ether oxygens (including phenoxy) is 3. The van der Waals surface area contributed by atoms with E-state index in [1.165, 1.54) is 0 Å². The lowest BCUT2D eigenvalue weighted by Crippen LogP contribution is -2.36.